The Hall–Kier alpha value is -2.24. The van der Waals surface area contributed by atoms with E-state index in [9.17, 15) is 9.59 Å². The maximum absolute atomic E-state index is 13.1. The van der Waals surface area contributed by atoms with Crippen molar-refractivity contribution in [1.29, 1.82) is 0 Å². The lowest BCUT2D eigenvalue weighted by Crippen LogP contribution is -2.43. The van der Waals surface area contributed by atoms with Crippen molar-refractivity contribution in [2.75, 3.05) is 18.0 Å². The van der Waals surface area contributed by atoms with Crippen LogP contribution < -0.4 is 10.2 Å². The number of nitrogens with zero attached hydrogens (tertiary/aromatic N) is 1. The highest BCUT2D eigenvalue weighted by Crippen LogP contribution is 2.41. The number of anilines is 1. The topological polar surface area (TPSA) is 49.4 Å². The number of carbonyl (C=O) groups excluding carboxylic acids is 2. The summed E-state index contributed by atoms with van der Waals surface area (Å²) in [6, 6.07) is 15.0. The normalized spacial score (nSPS) is 15.1. The quantitative estimate of drug-likeness (QED) is 0.678. The molecule has 2 aromatic rings. The van der Waals surface area contributed by atoms with Crippen LogP contribution in [-0.2, 0) is 9.59 Å². The molecule has 3 rings (SSSR count). The van der Waals surface area contributed by atoms with Crippen LogP contribution in [0.15, 0.2) is 58.3 Å². The summed E-state index contributed by atoms with van der Waals surface area (Å²) in [5.74, 6) is 0.196. The van der Waals surface area contributed by atoms with Gasteiger partial charge in [0.15, 0.2) is 0 Å². The van der Waals surface area contributed by atoms with Gasteiger partial charge in [-0.25, -0.2) is 0 Å². The molecular formula is C22H23ClN2O2S. The van der Waals surface area contributed by atoms with Gasteiger partial charge >= 0.3 is 0 Å². The summed E-state index contributed by atoms with van der Waals surface area (Å²) in [6.07, 6.45) is 2.75. The van der Waals surface area contributed by atoms with Crippen LogP contribution in [0.25, 0.3) is 6.08 Å². The van der Waals surface area contributed by atoms with E-state index in [1.54, 1.807) is 17.0 Å². The fraction of sp³-hybridized carbons (Fsp3) is 0.273. The average Bonchev–Trinajstić information content (AvgIpc) is 2.66. The van der Waals surface area contributed by atoms with E-state index < -0.39 is 0 Å². The number of benzene rings is 2. The zero-order valence-electron chi connectivity index (χ0n) is 15.9. The standard InChI is InChI=1S/C22H23ClN2O2S/c1-15(2)11-12-24-21(26)14-25-18-5-3-4-6-19(18)28-20(22(25)27)13-16-7-9-17(23)10-8-16/h3-10,13,15H,11-12,14H2,1-2H3,(H,24,26). The van der Waals surface area contributed by atoms with Gasteiger partial charge in [0.2, 0.25) is 5.91 Å². The van der Waals surface area contributed by atoms with Gasteiger partial charge in [-0.2, -0.15) is 0 Å². The zero-order valence-corrected chi connectivity index (χ0v) is 17.5. The van der Waals surface area contributed by atoms with Gasteiger partial charge in [-0.1, -0.05) is 61.5 Å². The van der Waals surface area contributed by atoms with Crippen LogP contribution in [0.3, 0.4) is 0 Å². The molecule has 1 aliphatic rings. The van der Waals surface area contributed by atoms with Gasteiger partial charge in [-0.15, -0.1) is 0 Å². The number of rotatable bonds is 6. The number of thioether (sulfide) groups is 1. The zero-order chi connectivity index (χ0) is 20.1. The van der Waals surface area contributed by atoms with Crippen molar-refractivity contribution in [3.05, 3.63) is 64.0 Å². The van der Waals surface area contributed by atoms with Crippen molar-refractivity contribution in [2.24, 2.45) is 5.92 Å². The predicted molar refractivity (Wildman–Crippen MR) is 117 cm³/mol. The van der Waals surface area contributed by atoms with E-state index in [4.69, 9.17) is 11.6 Å². The Labute approximate surface area is 175 Å². The fourth-order valence-corrected chi connectivity index (χ4v) is 4.01. The molecule has 0 fully saturated rings. The maximum atomic E-state index is 13.1. The van der Waals surface area contributed by atoms with Crippen molar-refractivity contribution in [1.82, 2.24) is 5.32 Å². The monoisotopic (exact) mass is 414 g/mol. The van der Waals surface area contributed by atoms with E-state index in [0.717, 1.165) is 22.6 Å². The second-order valence-electron chi connectivity index (χ2n) is 7.05. The van der Waals surface area contributed by atoms with Crippen LogP contribution in [-0.4, -0.2) is 24.9 Å². The molecule has 4 nitrogen and oxygen atoms in total. The smallest absolute Gasteiger partial charge is 0.265 e. The van der Waals surface area contributed by atoms with Crippen molar-refractivity contribution < 1.29 is 9.59 Å². The number of halogens is 1. The van der Waals surface area contributed by atoms with Gasteiger partial charge in [0.25, 0.3) is 5.91 Å². The van der Waals surface area contributed by atoms with Gasteiger partial charge in [0, 0.05) is 16.5 Å². The highest BCUT2D eigenvalue weighted by Gasteiger charge is 2.30. The van der Waals surface area contributed by atoms with Gasteiger partial charge in [0.1, 0.15) is 6.54 Å². The molecule has 0 aliphatic carbocycles. The molecular weight excluding hydrogens is 392 g/mol. The van der Waals surface area contributed by atoms with E-state index in [2.05, 4.69) is 19.2 Å². The highest BCUT2D eigenvalue weighted by molar-refractivity contribution is 8.04. The van der Waals surface area contributed by atoms with E-state index in [1.807, 2.05) is 42.5 Å². The first-order chi connectivity index (χ1) is 13.4. The van der Waals surface area contributed by atoms with Gasteiger partial charge < -0.3 is 5.32 Å². The summed E-state index contributed by atoms with van der Waals surface area (Å²) in [7, 11) is 0. The second-order valence-corrected chi connectivity index (χ2v) is 8.57. The number of hydrogen-bond acceptors (Lipinski definition) is 3. The number of nitrogens with one attached hydrogen (secondary N) is 1. The molecule has 0 bridgehead atoms. The summed E-state index contributed by atoms with van der Waals surface area (Å²) in [5, 5.41) is 3.56. The molecule has 0 saturated carbocycles. The molecule has 0 radical (unpaired) electrons. The summed E-state index contributed by atoms with van der Waals surface area (Å²) >= 11 is 7.37. The summed E-state index contributed by atoms with van der Waals surface area (Å²) in [6.45, 7) is 4.85. The summed E-state index contributed by atoms with van der Waals surface area (Å²) in [5.41, 5.74) is 1.66. The molecule has 0 atom stereocenters. The molecule has 1 N–H and O–H groups in total. The third-order valence-electron chi connectivity index (χ3n) is 4.35. The Balaban J connectivity index is 1.82. The van der Waals surface area contributed by atoms with E-state index in [0.29, 0.717) is 22.4 Å². The average molecular weight is 415 g/mol. The minimum absolute atomic E-state index is 0.00641. The lowest BCUT2D eigenvalue weighted by atomic mass is 10.1. The summed E-state index contributed by atoms with van der Waals surface area (Å²) in [4.78, 5) is 28.6. The van der Waals surface area contributed by atoms with E-state index >= 15 is 0 Å². The first kappa shape index (κ1) is 20.5. The van der Waals surface area contributed by atoms with Crippen molar-refractivity contribution in [3.63, 3.8) is 0 Å². The minimum Gasteiger partial charge on any atom is -0.355 e. The molecule has 28 heavy (non-hydrogen) atoms. The Morgan fingerprint density at radius 1 is 1.18 bits per heavy atom. The maximum Gasteiger partial charge on any atom is 0.265 e. The van der Waals surface area contributed by atoms with Crippen molar-refractivity contribution >= 4 is 46.9 Å². The van der Waals surface area contributed by atoms with Gasteiger partial charge in [0.05, 0.1) is 10.6 Å². The predicted octanol–water partition coefficient (Wildman–Crippen LogP) is 4.98. The first-order valence-electron chi connectivity index (χ1n) is 9.27. The molecule has 146 valence electrons. The van der Waals surface area contributed by atoms with Crippen LogP contribution in [0, 0.1) is 5.92 Å². The largest absolute Gasteiger partial charge is 0.355 e. The van der Waals surface area contributed by atoms with Crippen LogP contribution in [0.4, 0.5) is 5.69 Å². The number of fused-ring (bicyclic) bond motifs is 1. The molecule has 1 aliphatic heterocycles. The Morgan fingerprint density at radius 3 is 2.61 bits per heavy atom. The summed E-state index contributed by atoms with van der Waals surface area (Å²) < 4.78 is 0. The molecule has 6 heteroatoms. The van der Waals surface area contributed by atoms with E-state index in [1.165, 1.54) is 11.8 Å². The Morgan fingerprint density at radius 2 is 1.89 bits per heavy atom. The number of hydrogen-bond donors (Lipinski definition) is 1. The van der Waals surface area contributed by atoms with Gasteiger partial charge in [-0.05, 0) is 48.2 Å². The number of amides is 2. The molecule has 2 aromatic carbocycles. The molecule has 0 unspecified atom stereocenters. The van der Waals surface area contributed by atoms with Crippen LogP contribution in [0.2, 0.25) is 5.02 Å². The van der Waals surface area contributed by atoms with Crippen LogP contribution >= 0.6 is 23.4 Å². The number of carbonyl (C=O) groups is 2. The first-order valence-corrected chi connectivity index (χ1v) is 10.5. The van der Waals surface area contributed by atoms with Crippen LogP contribution in [0.1, 0.15) is 25.8 Å². The lowest BCUT2D eigenvalue weighted by molar-refractivity contribution is -0.122. The highest BCUT2D eigenvalue weighted by atomic mass is 35.5. The molecule has 0 aromatic heterocycles. The minimum atomic E-state index is -0.169. The van der Waals surface area contributed by atoms with E-state index in [-0.39, 0.29) is 18.4 Å². The Kier molecular flexibility index (Phi) is 6.81. The van der Waals surface area contributed by atoms with Crippen molar-refractivity contribution in [3.8, 4) is 0 Å². The fourth-order valence-electron chi connectivity index (χ4n) is 2.83. The second kappa shape index (κ2) is 9.30. The SMILES string of the molecule is CC(C)CCNC(=O)CN1C(=O)C(=Cc2ccc(Cl)cc2)Sc2ccccc21. The third kappa shape index (κ3) is 5.18. The number of para-hydroxylation sites is 1. The third-order valence-corrected chi connectivity index (χ3v) is 5.67. The molecule has 0 saturated heterocycles. The Bertz CT molecular complexity index is 894. The molecule has 1 heterocycles. The van der Waals surface area contributed by atoms with Crippen LogP contribution in [0.5, 0.6) is 0 Å². The van der Waals surface area contributed by atoms with Gasteiger partial charge in [-0.3, -0.25) is 14.5 Å². The molecule has 2 amide bonds. The lowest BCUT2D eigenvalue weighted by Gasteiger charge is -2.29. The molecule has 0 spiro atoms. The van der Waals surface area contributed by atoms with Crippen molar-refractivity contribution in [2.45, 2.75) is 25.2 Å².